The molecule has 2 heterocycles. The van der Waals surface area contributed by atoms with E-state index in [4.69, 9.17) is 0 Å². The largest absolute Gasteiger partial charge is 0.344 e. The molecule has 0 fully saturated rings. The monoisotopic (exact) mass is 317 g/mol. The zero-order valence-electron chi connectivity index (χ0n) is 13.7. The molecule has 120 valence electrons. The SMILES string of the molecule is Cc1cccc(C(C)NC(=O)c2ccc(-c3ccncc3)cc2)n1. The Hall–Kier alpha value is -3.01. The van der Waals surface area contributed by atoms with Crippen molar-refractivity contribution in [2.24, 2.45) is 0 Å². The van der Waals surface area contributed by atoms with Crippen LogP contribution in [0, 0.1) is 6.92 Å². The highest BCUT2D eigenvalue weighted by atomic mass is 16.1. The lowest BCUT2D eigenvalue weighted by Gasteiger charge is -2.14. The number of nitrogens with zero attached hydrogens (tertiary/aromatic N) is 2. The summed E-state index contributed by atoms with van der Waals surface area (Å²) in [5, 5.41) is 2.99. The molecule has 2 aromatic heterocycles. The van der Waals surface area contributed by atoms with Gasteiger partial charge < -0.3 is 5.32 Å². The summed E-state index contributed by atoms with van der Waals surface area (Å²) in [4.78, 5) is 20.9. The van der Waals surface area contributed by atoms with E-state index in [-0.39, 0.29) is 11.9 Å². The molecular weight excluding hydrogens is 298 g/mol. The normalized spacial score (nSPS) is 11.8. The van der Waals surface area contributed by atoms with E-state index in [1.165, 1.54) is 0 Å². The number of amides is 1. The van der Waals surface area contributed by atoms with Crippen molar-refractivity contribution < 1.29 is 4.79 Å². The molecule has 0 aliphatic carbocycles. The molecule has 0 saturated carbocycles. The van der Waals surface area contributed by atoms with E-state index in [1.54, 1.807) is 12.4 Å². The van der Waals surface area contributed by atoms with Crippen LogP contribution < -0.4 is 5.32 Å². The minimum atomic E-state index is -0.141. The van der Waals surface area contributed by atoms with Gasteiger partial charge in [0, 0.05) is 23.7 Å². The van der Waals surface area contributed by atoms with Crippen molar-refractivity contribution in [1.29, 1.82) is 0 Å². The Kier molecular flexibility index (Phi) is 4.66. The molecule has 24 heavy (non-hydrogen) atoms. The van der Waals surface area contributed by atoms with Crippen LogP contribution in [0.4, 0.5) is 0 Å². The van der Waals surface area contributed by atoms with E-state index in [0.29, 0.717) is 5.56 Å². The lowest BCUT2D eigenvalue weighted by Crippen LogP contribution is -2.27. The number of hydrogen-bond acceptors (Lipinski definition) is 3. The van der Waals surface area contributed by atoms with Crippen molar-refractivity contribution in [3.8, 4) is 11.1 Å². The molecule has 0 bridgehead atoms. The average Bonchev–Trinajstić information content (AvgIpc) is 2.62. The zero-order chi connectivity index (χ0) is 16.9. The average molecular weight is 317 g/mol. The number of nitrogens with one attached hydrogen (secondary N) is 1. The fourth-order valence-corrected chi connectivity index (χ4v) is 2.52. The Labute approximate surface area is 141 Å². The summed E-state index contributed by atoms with van der Waals surface area (Å²) in [6, 6.07) is 17.1. The van der Waals surface area contributed by atoms with E-state index >= 15 is 0 Å². The van der Waals surface area contributed by atoms with Gasteiger partial charge in [0.05, 0.1) is 11.7 Å². The van der Waals surface area contributed by atoms with E-state index in [2.05, 4.69) is 15.3 Å². The van der Waals surface area contributed by atoms with E-state index in [0.717, 1.165) is 22.5 Å². The molecule has 1 aromatic carbocycles. The number of carbonyl (C=O) groups is 1. The molecule has 1 atom stereocenters. The van der Waals surface area contributed by atoms with Gasteiger partial charge in [-0.2, -0.15) is 0 Å². The summed E-state index contributed by atoms with van der Waals surface area (Å²) in [6.07, 6.45) is 3.51. The van der Waals surface area contributed by atoms with Crippen LogP contribution in [0.2, 0.25) is 0 Å². The van der Waals surface area contributed by atoms with Crippen molar-refractivity contribution in [3.63, 3.8) is 0 Å². The first-order chi connectivity index (χ1) is 11.6. The summed E-state index contributed by atoms with van der Waals surface area (Å²) in [6.45, 7) is 3.88. The molecule has 0 aliphatic heterocycles. The predicted octanol–water partition coefficient (Wildman–Crippen LogP) is 3.94. The van der Waals surface area contributed by atoms with Crippen LogP contribution >= 0.6 is 0 Å². The molecule has 0 spiro atoms. The Morgan fingerprint density at radius 3 is 2.29 bits per heavy atom. The molecule has 1 unspecified atom stereocenters. The van der Waals surface area contributed by atoms with Crippen molar-refractivity contribution >= 4 is 5.91 Å². The second-order valence-electron chi connectivity index (χ2n) is 5.71. The molecule has 0 saturated heterocycles. The fraction of sp³-hybridized carbons (Fsp3) is 0.150. The molecular formula is C20H19N3O. The Morgan fingerprint density at radius 1 is 0.958 bits per heavy atom. The highest BCUT2D eigenvalue weighted by molar-refractivity contribution is 5.94. The highest BCUT2D eigenvalue weighted by Gasteiger charge is 2.12. The van der Waals surface area contributed by atoms with Gasteiger partial charge >= 0.3 is 0 Å². The quantitative estimate of drug-likeness (QED) is 0.793. The Morgan fingerprint density at radius 2 is 1.62 bits per heavy atom. The third kappa shape index (κ3) is 3.66. The standard InChI is InChI=1S/C20H19N3O/c1-14-4-3-5-19(22-14)15(2)23-20(24)18-8-6-16(7-9-18)17-10-12-21-13-11-17/h3-13,15H,1-2H3,(H,23,24). The van der Waals surface area contributed by atoms with Gasteiger partial charge in [0.15, 0.2) is 0 Å². The Balaban J connectivity index is 1.71. The first kappa shape index (κ1) is 15.9. The molecule has 1 N–H and O–H groups in total. The van der Waals surface area contributed by atoms with Crippen LogP contribution in [-0.4, -0.2) is 15.9 Å². The Bertz CT molecular complexity index is 829. The van der Waals surface area contributed by atoms with Gasteiger partial charge in [0.25, 0.3) is 5.91 Å². The number of carbonyl (C=O) groups excluding carboxylic acids is 1. The molecule has 4 heteroatoms. The van der Waals surface area contributed by atoms with Gasteiger partial charge in [-0.3, -0.25) is 14.8 Å². The molecule has 0 aliphatic rings. The fourth-order valence-electron chi connectivity index (χ4n) is 2.52. The molecule has 3 aromatic rings. The van der Waals surface area contributed by atoms with Crippen LogP contribution in [0.15, 0.2) is 67.0 Å². The van der Waals surface area contributed by atoms with E-state index in [9.17, 15) is 4.79 Å². The number of rotatable bonds is 4. The maximum atomic E-state index is 12.4. The molecule has 3 rings (SSSR count). The maximum absolute atomic E-state index is 12.4. The zero-order valence-corrected chi connectivity index (χ0v) is 13.7. The lowest BCUT2D eigenvalue weighted by molar-refractivity contribution is 0.0939. The summed E-state index contributed by atoms with van der Waals surface area (Å²) >= 11 is 0. The number of aromatic nitrogens is 2. The lowest BCUT2D eigenvalue weighted by atomic mass is 10.0. The van der Waals surface area contributed by atoms with E-state index < -0.39 is 0 Å². The van der Waals surface area contributed by atoms with Crippen LogP contribution in [0.3, 0.4) is 0 Å². The molecule has 0 radical (unpaired) electrons. The summed E-state index contributed by atoms with van der Waals surface area (Å²) in [5.74, 6) is -0.105. The minimum absolute atomic E-state index is 0.105. The minimum Gasteiger partial charge on any atom is -0.344 e. The van der Waals surface area contributed by atoms with Crippen LogP contribution in [0.5, 0.6) is 0 Å². The first-order valence-corrected chi connectivity index (χ1v) is 7.88. The van der Waals surface area contributed by atoms with Crippen molar-refractivity contribution in [2.45, 2.75) is 19.9 Å². The van der Waals surface area contributed by atoms with Gasteiger partial charge in [-0.05, 0) is 61.4 Å². The smallest absolute Gasteiger partial charge is 0.251 e. The van der Waals surface area contributed by atoms with Crippen LogP contribution in [0.25, 0.3) is 11.1 Å². The molecule has 1 amide bonds. The number of hydrogen-bond donors (Lipinski definition) is 1. The maximum Gasteiger partial charge on any atom is 0.251 e. The van der Waals surface area contributed by atoms with Crippen LogP contribution in [-0.2, 0) is 0 Å². The van der Waals surface area contributed by atoms with Crippen molar-refractivity contribution in [2.75, 3.05) is 0 Å². The van der Waals surface area contributed by atoms with Gasteiger partial charge in [-0.15, -0.1) is 0 Å². The third-order valence-electron chi connectivity index (χ3n) is 3.86. The van der Waals surface area contributed by atoms with Crippen molar-refractivity contribution in [3.05, 3.63) is 83.9 Å². The summed E-state index contributed by atoms with van der Waals surface area (Å²) in [7, 11) is 0. The summed E-state index contributed by atoms with van der Waals surface area (Å²) < 4.78 is 0. The second kappa shape index (κ2) is 7.04. The van der Waals surface area contributed by atoms with Gasteiger partial charge in [0.2, 0.25) is 0 Å². The number of aryl methyl sites for hydroxylation is 1. The third-order valence-corrected chi connectivity index (χ3v) is 3.86. The van der Waals surface area contributed by atoms with Gasteiger partial charge in [0.1, 0.15) is 0 Å². The predicted molar refractivity (Wildman–Crippen MR) is 94.5 cm³/mol. The van der Waals surface area contributed by atoms with E-state index in [1.807, 2.05) is 68.4 Å². The topological polar surface area (TPSA) is 54.9 Å². The summed E-state index contributed by atoms with van der Waals surface area (Å²) in [5.41, 5.74) is 4.57. The van der Waals surface area contributed by atoms with Crippen molar-refractivity contribution in [1.82, 2.24) is 15.3 Å². The first-order valence-electron chi connectivity index (χ1n) is 7.88. The highest BCUT2D eigenvalue weighted by Crippen LogP contribution is 2.19. The van der Waals surface area contributed by atoms with Crippen LogP contribution in [0.1, 0.15) is 34.7 Å². The molecule has 4 nitrogen and oxygen atoms in total. The number of benzene rings is 1. The second-order valence-corrected chi connectivity index (χ2v) is 5.71. The number of pyridine rings is 2. The van der Waals surface area contributed by atoms with Gasteiger partial charge in [-0.25, -0.2) is 0 Å². The van der Waals surface area contributed by atoms with Gasteiger partial charge in [-0.1, -0.05) is 18.2 Å².